The third-order valence-corrected chi connectivity index (χ3v) is 4.66. The third-order valence-electron chi connectivity index (χ3n) is 4.66. The van der Waals surface area contributed by atoms with E-state index in [0.717, 1.165) is 37.1 Å². The summed E-state index contributed by atoms with van der Waals surface area (Å²) < 4.78 is 0. The molecule has 0 fully saturated rings. The van der Waals surface area contributed by atoms with E-state index in [-0.39, 0.29) is 6.04 Å². The second kappa shape index (κ2) is 10.6. The summed E-state index contributed by atoms with van der Waals surface area (Å²) in [4.78, 5) is 0. The van der Waals surface area contributed by atoms with E-state index in [0.29, 0.717) is 5.70 Å². The van der Waals surface area contributed by atoms with Crippen LogP contribution < -0.4 is 16.1 Å². The van der Waals surface area contributed by atoms with E-state index in [2.05, 4.69) is 84.7 Å². The average molecular weight is 366 g/mol. The molecule has 2 aromatic carbocycles. The topological polar surface area (TPSA) is 56.3 Å². The SMILES string of the molecule is C=C(NC(CCNC)C(=C)NO)c1ccc(-c2ccc(CCC)cc2)cc1. The normalized spacial score (nSPS) is 11.7. The van der Waals surface area contributed by atoms with Crippen molar-refractivity contribution in [1.29, 1.82) is 0 Å². The van der Waals surface area contributed by atoms with Gasteiger partial charge in [-0.05, 0) is 48.7 Å². The summed E-state index contributed by atoms with van der Waals surface area (Å²) >= 11 is 0. The molecule has 2 rings (SSSR count). The molecule has 0 aliphatic heterocycles. The van der Waals surface area contributed by atoms with Crippen LogP contribution in [0.5, 0.6) is 0 Å². The molecule has 0 amide bonds. The minimum absolute atomic E-state index is 0.110. The van der Waals surface area contributed by atoms with E-state index in [9.17, 15) is 0 Å². The van der Waals surface area contributed by atoms with Gasteiger partial charge in [-0.15, -0.1) is 0 Å². The Kier molecular flexibility index (Phi) is 8.11. The van der Waals surface area contributed by atoms with Crippen LogP contribution in [-0.4, -0.2) is 24.8 Å². The predicted octanol–water partition coefficient (Wildman–Crippen LogP) is 4.34. The first-order chi connectivity index (χ1) is 13.1. The summed E-state index contributed by atoms with van der Waals surface area (Å²) in [6.45, 7) is 11.0. The summed E-state index contributed by atoms with van der Waals surface area (Å²) in [5.74, 6) is 0. The molecule has 0 aliphatic carbocycles. The largest absolute Gasteiger partial charge is 0.377 e. The van der Waals surface area contributed by atoms with E-state index in [1.54, 1.807) is 0 Å². The van der Waals surface area contributed by atoms with Crippen molar-refractivity contribution in [1.82, 2.24) is 16.1 Å². The highest BCUT2D eigenvalue weighted by atomic mass is 16.5. The van der Waals surface area contributed by atoms with Gasteiger partial charge in [-0.25, -0.2) is 0 Å². The van der Waals surface area contributed by atoms with Gasteiger partial charge in [0.15, 0.2) is 0 Å². The number of benzene rings is 2. The molecule has 0 saturated heterocycles. The Morgan fingerprint density at radius 3 is 2.11 bits per heavy atom. The maximum absolute atomic E-state index is 9.16. The van der Waals surface area contributed by atoms with Crippen molar-refractivity contribution in [3.63, 3.8) is 0 Å². The van der Waals surface area contributed by atoms with E-state index >= 15 is 0 Å². The second-order valence-electron chi connectivity index (χ2n) is 6.73. The van der Waals surface area contributed by atoms with Crippen molar-refractivity contribution < 1.29 is 5.21 Å². The molecule has 0 radical (unpaired) electrons. The fourth-order valence-electron chi connectivity index (χ4n) is 3.01. The summed E-state index contributed by atoms with van der Waals surface area (Å²) in [5.41, 5.74) is 8.26. The van der Waals surface area contributed by atoms with Gasteiger partial charge in [-0.3, -0.25) is 10.7 Å². The number of rotatable bonds is 11. The predicted molar refractivity (Wildman–Crippen MR) is 114 cm³/mol. The molecule has 1 atom stereocenters. The Morgan fingerprint density at radius 1 is 1.00 bits per heavy atom. The zero-order chi connectivity index (χ0) is 19.6. The molecule has 0 saturated carbocycles. The summed E-state index contributed by atoms with van der Waals surface area (Å²) in [6.07, 6.45) is 3.06. The second-order valence-corrected chi connectivity index (χ2v) is 6.73. The molecular weight excluding hydrogens is 334 g/mol. The molecule has 4 N–H and O–H groups in total. The van der Waals surface area contributed by atoms with Crippen molar-refractivity contribution in [2.24, 2.45) is 0 Å². The van der Waals surface area contributed by atoms with Crippen LogP contribution in [0.25, 0.3) is 16.8 Å². The number of aryl methyl sites for hydroxylation is 1. The fourth-order valence-corrected chi connectivity index (χ4v) is 3.01. The summed E-state index contributed by atoms with van der Waals surface area (Å²) in [7, 11) is 1.90. The Labute approximate surface area is 163 Å². The number of hydrogen-bond donors (Lipinski definition) is 4. The zero-order valence-electron chi connectivity index (χ0n) is 16.4. The zero-order valence-corrected chi connectivity index (χ0v) is 16.4. The Hall–Kier alpha value is -2.56. The van der Waals surface area contributed by atoms with Crippen LogP contribution in [0, 0.1) is 0 Å². The number of nitrogens with one attached hydrogen (secondary N) is 3. The van der Waals surface area contributed by atoms with Crippen LogP contribution in [0.15, 0.2) is 67.4 Å². The highest BCUT2D eigenvalue weighted by Gasteiger charge is 2.13. The van der Waals surface area contributed by atoms with Crippen molar-refractivity contribution in [2.45, 2.75) is 32.2 Å². The van der Waals surface area contributed by atoms with Gasteiger partial charge >= 0.3 is 0 Å². The van der Waals surface area contributed by atoms with Gasteiger partial charge < -0.3 is 10.6 Å². The van der Waals surface area contributed by atoms with Crippen molar-refractivity contribution in [3.05, 3.63) is 78.5 Å². The molecule has 0 aliphatic rings. The van der Waals surface area contributed by atoms with Gasteiger partial charge in [0.05, 0.1) is 11.7 Å². The van der Waals surface area contributed by atoms with E-state index in [1.807, 2.05) is 7.05 Å². The van der Waals surface area contributed by atoms with Crippen LogP contribution in [-0.2, 0) is 6.42 Å². The van der Waals surface area contributed by atoms with E-state index < -0.39 is 0 Å². The monoisotopic (exact) mass is 365 g/mol. The smallest absolute Gasteiger partial charge is 0.0689 e. The van der Waals surface area contributed by atoms with Crippen LogP contribution in [0.4, 0.5) is 0 Å². The van der Waals surface area contributed by atoms with Crippen molar-refractivity contribution in [3.8, 4) is 11.1 Å². The molecule has 27 heavy (non-hydrogen) atoms. The quantitative estimate of drug-likeness (QED) is 0.448. The van der Waals surface area contributed by atoms with Crippen LogP contribution in [0.3, 0.4) is 0 Å². The summed E-state index contributed by atoms with van der Waals surface area (Å²) in [6, 6.07) is 17.0. The van der Waals surface area contributed by atoms with E-state index in [4.69, 9.17) is 5.21 Å². The first-order valence-electron chi connectivity index (χ1n) is 9.47. The highest BCUT2D eigenvalue weighted by molar-refractivity contribution is 5.69. The molecule has 4 nitrogen and oxygen atoms in total. The standard InChI is InChI=1S/C23H31N3O/c1-5-6-19-7-9-21(10-8-19)22-13-11-20(12-14-22)17(2)25-23(15-16-24-4)18(3)26-27/h7-14,23-27H,2-3,5-6,15-16H2,1,4H3. The van der Waals surface area contributed by atoms with Crippen LogP contribution >= 0.6 is 0 Å². The van der Waals surface area contributed by atoms with Crippen LogP contribution in [0.2, 0.25) is 0 Å². The molecule has 2 aromatic rings. The Bertz CT molecular complexity index is 735. The lowest BCUT2D eigenvalue weighted by Gasteiger charge is -2.23. The molecular formula is C23H31N3O. The third kappa shape index (κ3) is 5.98. The van der Waals surface area contributed by atoms with Gasteiger partial charge in [-0.1, -0.05) is 75.0 Å². The van der Waals surface area contributed by atoms with Gasteiger partial charge in [0.25, 0.3) is 0 Å². The first kappa shape index (κ1) is 20.7. The highest BCUT2D eigenvalue weighted by Crippen LogP contribution is 2.23. The molecule has 1 unspecified atom stereocenters. The summed E-state index contributed by atoms with van der Waals surface area (Å²) in [5, 5.41) is 15.6. The van der Waals surface area contributed by atoms with E-state index in [1.165, 1.54) is 16.7 Å². The maximum atomic E-state index is 9.16. The first-order valence-corrected chi connectivity index (χ1v) is 9.47. The molecule has 0 bridgehead atoms. The lowest BCUT2D eigenvalue weighted by atomic mass is 10.0. The van der Waals surface area contributed by atoms with Gasteiger partial charge in [0.1, 0.15) is 0 Å². The molecule has 0 aromatic heterocycles. The number of hydrogen-bond acceptors (Lipinski definition) is 4. The lowest BCUT2D eigenvalue weighted by molar-refractivity contribution is 0.190. The lowest BCUT2D eigenvalue weighted by Crippen LogP contribution is -2.36. The molecule has 4 heteroatoms. The molecule has 0 heterocycles. The molecule has 144 valence electrons. The van der Waals surface area contributed by atoms with Crippen molar-refractivity contribution >= 4 is 5.70 Å². The van der Waals surface area contributed by atoms with Crippen LogP contribution in [0.1, 0.15) is 30.9 Å². The Morgan fingerprint density at radius 2 is 1.59 bits per heavy atom. The molecule has 0 spiro atoms. The fraction of sp³-hybridized carbons (Fsp3) is 0.304. The number of hydroxylamine groups is 1. The van der Waals surface area contributed by atoms with Crippen molar-refractivity contribution in [2.75, 3.05) is 13.6 Å². The maximum Gasteiger partial charge on any atom is 0.0689 e. The minimum atomic E-state index is -0.110. The van der Waals surface area contributed by atoms with Gasteiger partial charge in [0.2, 0.25) is 0 Å². The Balaban J connectivity index is 2.06. The van der Waals surface area contributed by atoms with Gasteiger partial charge in [0, 0.05) is 5.70 Å². The minimum Gasteiger partial charge on any atom is -0.377 e. The van der Waals surface area contributed by atoms with Gasteiger partial charge in [-0.2, -0.15) is 0 Å². The average Bonchev–Trinajstić information content (AvgIpc) is 2.71.